The molecule has 0 radical (unpaired) electrons. The van der Waals surface area contributed by atoms with E-state index in [1.165, 1.54) is 5.56 Å². The van der Waals surface area contributed by atoms with E-state index >= 15 is 0 Å². The summed E-state index contributed by atoms with van der Waals surface area (Å²) >= 11 is 0. The summed E-state index contributed by atoms with van der Waals surface area (Å²) in [6, 6.07) is 6.05. The molecule has 3 rings (SSSR count). The zero-order valence-electron chi connectivity index (χ0n) is 12.1. The third kappa shape index (κ3) is 3.48. The highest BCUT2D eigenvalue weighted by atomic mass is 16.2. The van der Waals surface area contributed by atoms with Crippen LogP contribution in [0.3, 0.4) is 0 Å². The molecular weight excluding hydrogens is 264 g/mol. The summed E-state index contributed by atoms with van der Waals surface area (Å²) in [5.41, 5.74) is 1.34. The van der Waals surface area contributed by atoms with Crippen molar-refractivity contribution in [2.45, 2.75) is 31.7 Å². The van der Waals surface area contributed by atoms with Gasteiger partial charge in [-0.2, -0.15) is 5.10 Å². The van der Waals surface area contributed by atoms with Crippen LogP contribution < -0.4 is 0 Å². The van der Waals surface area contributed by atoms with Crippen molar-refractivity contribution in [2.24, 2.45) is 0 Å². The molecule has 1 aliphatic rings. The van der Waals surface area contributed by atoms with Gasteiger partial charge >= 0.3 is 0 Å². The van der Waals surface area contributed by atoms with Crippen LogP contribution in [-0.4, -0.2) is 38.7 Å². The zero-order chi connectivity index (χ0) is 14.5. The van der Waals surface area contributed by atoms with Crippen molar-refractivity contribution in [3.05, 3.63) is 48.5 Å². The predicted molar refractivity (Wildman–Crippen MR) is 79.6 cm³/mol. The number of nitrogens with zero attached hydrogens (tertiary/aromatic N) is 4. The lowest BCUT2D eigenvalue weighted by Crippen LogP contribution is -2.38. The van der Waals surface area contributed by atoms with Gasteiger partial charge < -0.3 is 4.90 Å². The van der Waals surface area contributed by atoms with Crippen LogP contribution in [0.15, 0.2) is 43.0 Å². The standard InChI is InChI=1S/C16H20N4O/c21-16(6-13-20-10-1-7-18-20)19-11-4-15(5-12-19)14-2-8-17-9-3-14/h1-3,7-10,15H,4-6,11-13H2. The molecule has 5 heteroatoms. The minimum atomic E-state index is 0.235. The zero-order valence-corrected chi connectivity index (χ0v) is 12.1. The van der Waals surface area contributed by atoms with Crippen LogP contribution in [0.5, 0.6) is 0 Å². The molecule has 1 amide bonds. The molecule has 0 atom stereocenters. The molecule has 2 aromatic heterocycles. The molecule has 1 saturated heterocycles. The van der Waals surface area contributed by atoms with E-state index in [0.29, 0.717) is 18.9 Å². The Morgan fingerprint density at radius 1 is 1.19 bits per heavy atom. The Balaban J connectivity index is 1.48. The largest absolute Gasteiger partial charge is 0.343 e. The first kappa shape index (κ1) is 13.8. The molecule has 0 unspecified atom stereocenters. The number of piperidine rings is 1. The molecule has 0 spiro atoms. The summed E-state index contributed by atoms with van der Waals surface area (Å²) in [7, 11) is 0. The molecule has 1 aliphatic heterocycles. The highest BCUT2D eigenvalue weighted by molar-refractivity contribution is 5.76. The van der Waals surface area contributed by atoms with Crippen LogP contribution in [0, 0.1) is 0 Å². The van der Waals surface area contributed by atoms with E-state index in [1.807, 2.05) is 34.2 Å². The van der Waals surface area contributed by atoms with Gasteiger partial charge in [-0.05, 0) is 42.5 Å². The number of aryl methyl sites for hydroxylation is 1. The number of pyridine rings is 1. The van der Waals surface area contributed by atoms with Gasteiger partial charge in [0.2, 0.25) is 5.91 Å². The van der Waals surface area contributed by atoms with Crippen LogP contribution in [0.4, 0.5) is 0 Å². The summed E-state index contributed by atoms with van der Waals surface area (Å²) < 4.78 is 1.81. The Morgan fingerprint density at radius 3 is 2.62 bits per heavy atom. The highest BCUT2D eigenvalue weighted by Crippen LogP contribution is 2.27. The van der Waals surface area contributed by atoms with E-state index in [9.17, 15) is 4.79 Å². The second-order valence-corrected chi connectivity index (χ2v) is 5.45. The fourth-order valence-corrected chi connectivity index (χ4v) is 2.90. The van der Waals surface area contributed by atoms with Crippen LogP contribution in [-0.2, 0) is 11.3 Å². The number of carbonyl (C=O) groups excluding carboxylic acids is 1. The van der Waals surface area contributed by atoms with Crippen molar-refractivity contribution < 1.29 is 4.79 Å². The average molecular weight is 284 g/mol. The normalized spacial score (nSPS) is 16.1. The first-order valence-electron chi connectivity index (χ1n) is 7.48. The Labute approximate surface area is 124 Å². The maximum atomic E-state index is 12.2. The molecular formula is C16H20N4O. The van der Waals surface area contributed by atoms with Crippen LogP contribution in [0.25, 0.3) is 0 Å². The molecule has 2 aromatic rings. The molecule has 0 saturated carbocycles. The van der Waals surface area contributed by atoms with Gasteiger partial charge in [-0.1, -0.05) is 0 Å². The van der Waals surface area contributed by atoms with Gasteiger partial charge in [-0.3, -0.25) is 14.5 Å². The number of rotatable bonds is 4. The number of amides is 1. The van der Waals surface area contributed by atoms with E-state index in [4.69, 9.17) is 0 Å². The Kier molecular flexibility index (Phi) is 4.28. The molecule has 110 valence electrons. The molecule has 21 heavy (non-hydrogen) atoms. The van der Waals surface area contributed by atoms with Crippen molar-refractivity contribution in [2.75, 3.05) is 13.1 Å². The van der Waals surface area contributed by atoms with Gasteiger partial charge in [0.25, 0.3) is 0 Å². The third-order valence-corrected chi connectivity index (χ3v) is 4.14. The van der Waals surface area contributed by atoms with E-state index in [2.05, 4.69) is 22.2 Å². The van der Waals surface area contributed by atoms with Crippen molar-refractivity contribution >= 4 is 5.91 Å². The van der Waals surface area contributed by atoms with Crippen LogP contribution in [0.2, 0.25) is 0 Å². The van der Waals surface area contributed by atoms with Gasteiger partial charge in [0, 0.05) is 50.8 Å². The topological polar surface area (TPSA) is 51.0 Å². The van der Waals surface area contributed by atoms with Crippen molar-refractivity contribution in [3.8, 4) is 0 Å². The fraction of sp³-hybridized carbons (Fsp3) is 0.438. The predicted octanol–water partition coefficient (Wildman–Crippen LogP) is 2.07. The number of likely N-dealkylation sites (tertiary alicyclic amines) is 1. The molecule has 0 aromatic carbocycles. The van der Waals surface area contributed by atoms with Crippen LogP contribution in [0.1, 0.15) is 30.7 Å². The van der Waals surface area contributed by atoms with Crippen molar-refractivity contribution in [1.29, 1.82) is 0 Å². The average Bonchev–Trinajstić information content (AvgIpc) is 3.07. The lowest BCUT2D eigenvalue weighted by atomic mass is 9.90. The van der Waals surface area contributed by atoms with E-state index in [1.54, 1.807) is 6.20 Å². The maximum Gasteiger partial charge on any atom is 0.224 e. The van der Waals surface area contributed by atoms with Crippen LogP contribution >= 0.6 is 0 Å². The summed E-state index contributed by atoms with van der Waals surface area (Å²) in [5, 5.41) is 4.13. The Morgan fingerprint density at radius 2 is 1.95 bits per heavy atom. The Bertz CT molecular complexity index is 559. The first-order valence-corrected chi connectivity index (χ1v) is 7.48. The number of carbonyl (C=O) groups is 1. The highest BCUT2D eigenvalue weighted by Gasteiger charge is 2.23. The Hall–Kier alpha value is -2.17. The van der Waals surface area contributed by atoms with E-state index in [-0.39, 0.29) is 5.91 Å². The van der Waals surface area contributed by atoms with Gasteiger partial charge in [-0.15, -0.1) is 0 Å². The lowest BCUT2D eigenvalue weighted by Gasteiger charge is -2.32. The summed E-state index contributed by atoms with van der Waals surface area (Å²) in [6.45, 7) is 2.37. The molecule has 0 N–H and O–H groups in total. The monoisotopic (exact) mass is 284 g/mol. The van der Waals surface area contributed by atoms with Gasteiger partial charge in [0.15, 0.2) is 0 Å². The SMILES string of the molecule is O=C(CCn1cccn1)N1CCC(c2ccncc2)CC1. The molecule has 5 nitrogen and oxygen atoms in total. The number of hydrogen-bond donors (Lipinski definition) is 0. The summed E-state index contributed by atoms with van der Waals surface area (Å²) in [6.07, 6.45) is 9.93. The molecule has 0 bridgehead atoms. The minimum absolute atomic E-state index is 0.235. The van der Waals surface area contributed by atoms with Gasteiger partial charge in [-0.25, -0.2) is 0 Å². The fourth-order valence-electron chi connectivity index (χ4n) is 2.90. The second kappa shape index (κ2) is 6.52. The smallest absolute Gasteiger partial charge is 0.224 e. The number of hydrogen-bond acceptors (Lipinski definition) is 3. The molecule has 0 aliphatic carbocycles. The number of aromatic nitrogens is 3. The van der Waals surface area contributed by atoms with Gasteiger partial charge in [0.05, 0.1) is 0 Å². The summed E-state index contributed by atoms with van der Waals surface area (Å²) in [4.78, 5) is 18.3. The molecule has 1 fully saturated rings. The van der Waals surface area contributed by atoms with E-state index < -0.39 is 0 Å². The van der Waals surface area contributed by atoms with E-state index in [0.717, 1.165) is 25.9 Å². The summed E-state index contributed by atoms with van der Waals surface area (Å²) in [5.74, 6) is 0.793. The lowest BCUT2D eigenvalue weighted by molar-refractivity contribution is -0.132. The first-order chi connectivity index (χ1) is 10.3. The maximum absolute atomic E-state index is 12.2. The second-order valence-electron chi connectivity index (χ2n) is 5.45. The molecule has 3 heterocycles. The quantitative estimate of drug-likeness (QED) is 0.863. The third-order valence-electron chi connectivity index (χ3n) is 4.14. The minimum Gasteiger partial charge on any atom is -0.343 e. The van der Waals surface area contributed by atoms with Crippen molar-refractivity contribution in [3.63, 3.8) is 0 Å². The van der Waals surface area contributed by atoms with Gasteiger partial charge in [0.1, 0.15) is 0 Å². The van der Waals surface area contributed by atoms with Crippen molar-refractivity contribution in [1.82, 2.24) is 19.7 Å².